The molecule has 0 radical (unpaired) electrons. The first-order valence-electron chi connectivity index (χ1n) is 6.53. The van der Waals surface area contributed by atoms with Crippen LogP contribution in [-0.4, -0.2) is 36.8 Å². The number of nitrogen functional groups attached to an aromatic ring is 1. The fraction of sp³-hybridized carbons (Fsp3) is 0.538. The molecule has 20 heavy (non-hydrogen) atoms. The fourth-order valence-corrected chi connectivity index (χ4v) is 5.58. The van der Waals surface area contributed by atoms with Crippen LogP contribution in [-0.2, 0) is 10.0 Å². The molecule has 1 aliphatic rings. The van der Waals surface area contributed by atoms with Crippen molar-refractivity contribution in [3.8, 4) is 0 Å². The Hall–Kier alpha value is -0.430. The van der Waals surface area contributed by atoms with Crippen LogP contribution in [0.1, 0.15) is 18.9 Å². The maximum atomic E-state index is 12.8. The molecule has 1 atom stereocenters. The molecule has 1 unspecified atom stereocenters. The zero-order chi connectivity index (χ0) is 14.9. The highest BCUT2D eigenvalue weighted by molar-refractivity contribution is 8.00. The minimum Gasteiger partial charge on any atom is -0.397 e. The lowest BCUT2D eigenvalue weighted by molar-refractivity contribution is 0.415. The molecular weight excluding hydrogens is 316 g/mol. The zero-order valence-electron chi connectivity index (χ0n) is 11.6. The predicted molar refractivity (Wildman–Crippen MR) is 85.9 cm³/mol. The van der Waals surface area contributed by atoms with Gasteiger partial charge in [-0.15, -0.1) is 0 Å². The highest BCUT2D eigenvalue weighted by atomic mass is 35.5. The van der Waals surface area contributed by atoms with Crippen molar-refractivity contribution >= 4 is 39.1 Å². The molecule has 1 saturated heterocycles. The Kier molecular flexibility index (Phi) is 4.89. The smallest absolute Gasteiger partial charge is 0.243 e. The van der Waals surface area contributed by atoms with E-state index in [4.69, 9.17) is 17.3 Å². The maximum Gasteiger partial charge on any atom is 0.243 e. The summed E-state index contributed by atoms with van der Waals surface area (Å²) in [5.74, 6) is 0.833. The summed E-state index contributed by atoms with van der Waals surface area (Å²) < 4.78 is 27.1. The van der Waals surface area contributed by atoms with Gasteiger partial charge in [-0.2, -0.15) is 16.1 Å². The van der Waals surface area contributed by atoms with Crippen LogP contribution in [0, 0.1) is 6.92 Å². The molecule has 0 saturated carbocycles. The van der Waals surface area contributed by atoms with Gasteiger partial charge in [0.05, 0.1) is 15.6 Å². The molecule has 0 bridgehead atoms. The van der Waals surface area contributed by atoms with Crippen molar-refractivity contribution in [2.24, 2.45) is 0 Å². The number of hydrogen-bond donors (Lipinski definition) is 1. The molecule has 7 heteroatoms. The molecule has 2 N–H and O–H groups in total. The number of thioether (sulfide) groups is 1. The SMILES string of the molecule is CCC1CN(S(=O)(=O)c2cc(N)c(Cl)cc2C)CCS1. The minimum absolute atomic E-state index is 0.265. The molecule has 1 fully saturated rings. The summed E-state index contributed by atoms with van der Waals surface area (Å²) in [6.45, 7) is 4.93. The number of hydrogen-bond acceptors (Lipinski definition) is 4. The third-order valence-corrected chi connectivity index (χ3v) is 7.18. The summed E-state index contributed by atoms with van der Waals surface area (Å²) in [5, 5.41) is 0.755. The van der Waals surface area contributed by atoms with Crippen LogP contribution in [0.3, 0.4) is 0 Å². The molecule has 1 aromatic carbocycles. The van der Waals surface area contributed by atoms with Crippen molar-refractivity contribution in [3.05, 3.63) is 22.7 Å². The van der Waals surface area contributed by atoms with Gasteiger partial charge in [0.1, 0.15) is 0 Å². The summed E-state index contributed by atoms with van der Waals surface area (Å²) in [5.41, 5.74) is 6.69. The van der Waals surface area contributed by atoms with Crippen molar-refractivity contribution in [1.82, 2.24) is 4.31 Å². The lowest BCUT2D eigenvalue weighted by Crippen LogP contribution is -2.41. The number of halogens is 1. The monoisotopic (exact) mass is 334 g/mol. The average molecular weight is 335 g/mol. The third-order valence-electron chi connectivity index (χ3n) is 3.47. The van der Waals surface area contributed by atoms with Gasteiger partial charge >= 0.3 is 0 Å². The number of benzene rings is 1. The van der Waals surface area contributed by atoms with Gasteiger partial charge in [0.2, 0.25) is 10.0 Å². The van der Waals surface area contributed by atoms with E-state index in [1.54, 1.807) is 17.3 Å². The summed E-state index contributed by atoms with van der Waals surface area (Å²) in [7, 11) is -3.49. The number of aryl methyl sites for hydroxylation is 1. The van der Waals surface area contributed by atoms with E-state index in [2.05, 4.69) is 6.92 Å². The lowest BCUT2D eigenvalue weighted by atomic mass is 10.2. The Morgan fingerprint density at radius 3 is 2.85 bits per heavy atom. The molecule has 1 heterocycles. The van der Waals surface area contributed by atoms with E-state index in [9.17, 15) is 8.42 Å². The average Bonchev–Trinajstić information content (AvgIpc) is 2.42. The van der Waals surface area contributed by atoms with Gasteiger partial charge in [-0.05, 0) is 31.0 Å². The predicted octanol–water partition coefficient (Wildman–Crippen LogP) is 2.75. The number of sulfonamides is 1. The zero-order valence-corrected chi connectivity index (χ0v) is 14.0. The normalized spacial score (nSPS) is 21.1. The Morgan fingerprint density at radius 2 is 2.20 bits per heavy atom. The van der Waals surface area contributed by atoms with Crippen molar-refractivity contribution in [1.29, 1.82) is 0 Å². The van der Waals surface area contributed by atoms with Gasteiger partial charge in [-0.1, -0.05) is 18.5 Å². The fourth-order valence-electron chi connectivity index (χ4n) is 2.24. The van der Waals surface area contributed by atoms with Crippen LogP contribution in [0.5, 0.6) is 0 Å². The number of nitrogens with two attached hydrogens (primary N) is 1. The van der Waals surface area contributed by atoms with E-state index < -0.39 is 10.0 Å². The van der Waals surface area contributed by atoms with Gasteiger partial charge in [-0.25, -0.2) is 8.42 Å². The lowest BCUT2D eigenvalue weighted by Gasteiger charge is -2.31. The number of nitrogens with zero attached hydrogens (tertiary/aromatic N) is 1. The first kappa shape index (κ1) is 15.9. The largest absolute Gasteiger partial charge is 0.397 e. The molecule has 112 valence electrons. The van der Waals surface area contributed by atoms with Crippen LogP contribution >= 0.6 is 23.4 Å². The van der Waals surface area contributed by atoms with Crippen LogP contribution in [0.15, 0.2) is 17.0 Å². The first-order valence-corrected chi connectivity index (χ1v) is 9.40. The summed E-state index contributed by atoms with van der Waals surface area (Å²) in [4.78, 5) is 0.265. The van der Waals surface area contributed by atoms with E-state index in [0.29, 0.717) is 34.6 Å². The molecular formula is C13H19ClN2O2S2. The van der Waals surface area contributed by atoms with E-state index >= 15 is 0 Å². The van der Waals surface area contributed by atoms with Gasteiger partial charge in [0.15, 0.2) is 0 Å². The van der Waals surface area contributed by atoms with Crippen molar-refractivity contribution in [2.75, 3.05) is 24.6 Å². The molecule has 1 aliphatic heterocycles. The third kappa shape index (κ3) is 3.08. The standard InChI is InChI=1S/C13H19ClN2O2S2/c1-3-10-8-16(4-5-19-10)20(17,18)13-7-12(15)11(14)6-9(13)2/h6-7,10H,3-5,8,15H2,1-2H3. The van der Waals surface area contributed by atoms with Gasteiger partial charge in [0.25, 0.3) is 0 Å². The highest BCUT2D eigenvalue weighted by Gasteiger charge is 2.31. The summed E-state index contributed by atoms with van der Waals surface area (Å²) in [6.07, 6.45) is 0.971. The van der Waals surface area contributed by atoms with Gasteiger partial charge in [0, 0.05) is 24.1 Å². The molecule has 2 rings (SSSR count). The minimum atomic E-state index is -3.49. The first-order chi connectivity index (χ1) is 9.36. The maximum absolute atomic E-state index is 12.8. The second kappa shape index (κ2) is 6.13. The molecule has 0 aromatic heterocycles. The highest BCUT2D eigenvalue weighted by Crippen LogP contribution is 2.31. The van der Waals surface area contributed by atoms with E-state index in [-0.39, 0.29) is 4.90 Å². The topological polar surface area (TPSA) is 63.4 Å². The number of anilines is 1. The second-order valence-electron chi connectivity index (χ2n) is 4.90. The van der Waals surface area contributed by atoms with E-state index in [1.807, 2.05) is 11.8 Å². The molecule has 0 amide bonds. The van der Waals surface area contributed by atoms with Crippen LogP contribution in [0.2, 0.25) is 5.02 Å². The molecule has 4 nitrogen and oxygen atoms in total. The molecule has 1 aromatic rings. The van der Waals surface area contributed by atoms with Crippen LogP contribution in [0.4, 0.5) is 5.69 Å². The Bertz CT molecular complexity index is 605. The Labute approximate surface area is 129 Å². The second-order valence-corrected chi connectivity index (χ2v) is 8.63. The summed E-state index contributed by atoms with van der Waals surface area (Å²) in [6, 6.07) is 3.08. The van der Waals surface area contributed by atoms with Crippen LogP contribution < -0.4 is 5.73 Å². The Morgan fingerprint density at radius 1 is 1.50 bits per heavy atom. The van der Waals surface area contributed by atoms with Gasteiger partial charge < -0.3 is 5.73 Å². The van der Waals surface area contributed by atoms with Crippen molar-refractivity contribution in [2.45, 2.75) is 30.4 Å². The molecule has 0 spiro atoms. The van der Waals surface area contributed by atoms with Crippen molar-refractivity contribution < 1.29 is 8.42 Å². The Balaban J connectivity index is 2.37. The van der Waals surface area contributed by atoms with E-state index in [0.717, 1.165) is 12.2 Å². The van der Waals surface area contributed by atoms with E-state index in [1.165, 1.54) is 6.07 Å². The van der Waals surface area contributed by atoms with Gasteiger partial charge in [-0.3, -0.25) is 0 Å². The van der Waals surface area contributed by atoms with Crippen molar-refractivity contribution in [3.63, 3.8) is 0 Å². The summed E-state index contributed by atoms with van der Waals surface area (Å²) >= 11 is 7.77. The quantitative estimate of drug-likeness (QED) is 0.863. The molecule has 0 aliphatic carbocycles. The number of rotatable bonds is 3. The van der Waals surface area contributed by atoms with Crippen LogP contribution in [0.25, 0.3) is 0 Å².